The Labute approximate surface area is 206 Å². The van der Waals surface area contributed by atoms with Crippen LogP contribution >= 0.6 is 0 Å². The molecule has 0 aliphatic carbocycles. The van der Waals surface area contributed by atoms with Crippen molar-refractivity contribution in [3.8, 4) is 28.6 Å². The molecule has 4 rings (SSSR count). The monoisotopic (exact) mass is 522 g/mol. The van der Waals surface area contributed by atoms with Gasteiger partial charge in [0.25, 0.3) is 6.43 Å². The number of aliphatic imine (C=N–C) groups is 1. The number of hydrogen-bond acceptors (Lipinski definition) is 9. The fourth-order valence-corrected chi connectivity index (χ4v) is 6.18. The van der Waals surface area contributed by atoms with Crippen molar-refractivity contribution in [1.29, 1.82) is 0 Å². The van der Waals surface area contributed by atoms with Crippen LogP contribution in [-0.2, 0) is 15.3 Å². The normalized spacial score (nSPS) is 23.4. The van der Waals surface area contributed by atoms with Gasteiger partial charge in [0.05, 0.1) is 27.9 Å². The van der Waals surface area contributed by atoms with E-state index in [0.717, 1.165) is 0 Å². The molecule has 2 N–H and O–H groups in total. The molecule has 1 aliphatic heterocycles. The molecule has 0 bridgehead atoms. The lowest BCUT2D eigenvalue weighted by Crippen LogP contribution is -2.54. The summed E-state index contributed by atoms with van der Waals surface area (Å²) < 4.78 is 66.7. The van der Waals surface area contributed by atoms with Gasteiger partial charge in [-0.3, -0.25) is 4.99 Å². The molecule has 0 saturated heterocycles. The van der Waals surface area contributed by atoms with Crippen molar-refractivity contribution in [2.45, 2.75) is 37.5 Å². The Morgan fingerprint density at radius 1 is 1.19 bits per heavy atom. The molecule has 0 radical (unpaired) electrons. The van der Waals surface area contributed by atoms with Gasteiger partial charge in [0.2, 0.25) is 5.88 Å². The Bertz CT molecular complexity index is 1430. The van der Waals surface area contributed by atoms with E-state index >= 15 is 4.39 Å². The maximum Gasteiger partial charge on any atom is 0.272 e. The van der Waals surface area contributed by atoms with Gasteiger partial charge in [-0.2, -0.15) is 0 Å². The van der Waals surface area contributed by atoms with Crippen molar-refractivity contribution in [3.63, 3.8) is 0 Å². The van der Waals surface area contributed by atoms with E-state index in [4.69, 9.17) is 15.0 Å². The SMILES string of the molecule is CN=[S@@]1(=O)C[C@@](C)(c2cc(-c3cc(-c4cnc(OCC(F)F)cn4)no3)ccc2F)N=C(N)C1(C)C. The molecule has 9 nitrogen and oxygen atoms in total. The molecular formula is C23H25F3N6O3S. The summed E-state index contributed by atoms with van der Waals surface area (Å²) in [5.74, 6) is -0.158. The summed E-state index contributed by atoms with van der Waals surface area (Å²) in [7, 11) is -1.39. The maximum atomic E-state index is 15.1. The Kier molecular flexibility index (Phi) is 6.54. The standard InChI is InChI=1S/C23H25F3N6O3S/c1-22(2)21(27)31-23(3,12-36(22,33)28-4)14-7-13(5-6-15(14)24)18-8-16(32-35-18)17-9-30-20(10-29-17)34-11-19(25)26/h5-10,19H,11-12H2,1-4H3,(H2,27,31)/t23-,36+/m0/s1. The molecule has 1 aliphatic rings. The van der Waals surface area contributed by atoms with Gasteiger partial charge in [0.15, 0.2) is 12.4 Å². The van der Waals surface area contributed by atoms with Gasteiger partial charge in [-0.1, -0.05) is 5.16 Å². The molecule has 36 heavy (non-hydrogen) atoms. The van der Waals surface area contributed by atoms with Crippen molar-refractivity contribution in [3.05, 3.63) is 48.0 Å². The second-order valence-corrected chi connectivity index (χ2v) is 11.9. The van der Waals surface area contributed by atoms with Crippen LogP contribution in [0.25, 0.3) is 22.7 Å². The molecule has 0 amide bonds. The van der Waals surface area contributed by atoms with Crippen molar-refractivity contribution in [1.82, 2.24) is 15.1 Å². The smallest absolute Gasteiger partial charge is 0.272 e. The molecule has 13 heteroatoms. The lowest BCUT2D eigenvalue weighted by Gasteiger charge is -2.40. The predicted molar refractivity (Wildman–Crippen MR) is 129 cm³/mol. The highest BCUT2D eigenvalue weighted by atomic mass is 32.2. The van der Waals surface area contributed by atoms with Crippen molar-refractivity contribution in [2.24, 2.45) is 15.1 Å². The van der Waals surface area contributed by atoms with Gasteiger partial charge in [0.1, 0.15) is 33.3 Å². The van der Waals surface area contributed by atoms with Crippen LogP contribution in [0.4, 0.5) is 13.2 Å². The zero-order valence-corrected chi connectivity index (χ0v) is 20.9. The lowest BCUT2D eigenvalue weighted by molar-refractivity contribution is 0.0794. The van der Waals surface area contributed by atoms with Crippen LogP contribution in [0, 0.1) is 5.82 Å². The van der Waals surface area contributed by atoms with Gasteiger partial charge < -0.3 is 15.0 Å². The first-order valence-electron chi connectivity index (χ1n) is 10.9. The quantitative estimate of drug-likeness (QED) is 0.517. The second kappa shape index (κ2) is 9.19. The van der Waals surface area contributed by atoms with Crippen LogP contribution in [0.15, 0.2) is 50.5 Å². The minimum Gasteiger partial charge on any atom is -0.470 e. The molecule has 3 heterocycles. The summed E-state index contributed by atoms with van der Waals surface area (Å²) in [4.78, 5) is 12.6. The fraction of sp³-hybridized carbons (Fsp3) is 0.391. The third-order valence-electron chi connectivity index (χ3n) is 6.14. The number of alkyl halides is 2. The third-order valence-corrected chi connectivity index (χ3v) is 9.49. The average Bonchev–Trinajstić information content (AvgIpc) is 3.32. The van der Waals surface area contributed by atoms with Crippen LogP contribution in [-0.4, -0.2) is 55.7 Å². The van der Waals surface area contributed by atoms with Gasteiger partial charge in [-0.15, -0.1) is 0 Å². The molecule has 1 aromatic carbocycles. The third kappa shape index (κ3) is 4.54. The minimum atomic E-state index is -2.85. The van der Waals surface area contributed by atoms with Gasteiger partial charge in [-0.25, -0.2) is 31.7 Å². The lowest BCUT2D eigenvalue weighted by atomic mass is 9.91. The van der Waals surface area contributed by atoms with E-state index in [-0.39, 0.29) is 23.0 Å². The molecule has 0 saturated carbocycles. The van der Waals surface area contributed by atoms with Crippen LogP contribution in [0.3, 0.4) is 0 Å². The van der Waals surface area contributed by atoms with Crippen LogP contribution < -0.4 is 10.5 Å². The molecule has 192 valence electrons. The van der Waals surface area contributed by atoms with Gasteiger partial charge >= 0.3 is 0 Å². The summed E-state index contributed by atoms with van der Waals surface area (Å²) in [6.45, 7) is 4.30. The molecule has 0 spiro atoms. The Balaban J connectivity index is 1.67. The van der Waals surface area contributed by atoms with Crippen molar-refractivity contribution in [2.75, 3.05) is 19.4 Å². The largest absolute Gasteiger partial charge is 0.470 e. The predicted octanol–water partition coefficient (Wildman–Crippen LogP) is 4.04. The maximum absolute atomic E-state index is 15.1. The number of ether oxygens (including phenoxy) is 1. The van der Waals surface area contributed by atoms with Gasteiger partial charge in [0, 0.05) is 24.2 Å². The summed E-state index contributed by atoms with van der Waals surface area (Å²) in [6.07, 6.45) is -0.116. The Hall–Kier alpha value is -3.48. The summed E-state index contributed by atoms with van der Waals surface area (Å²) in [5, 5.41) is 3.98. The number of amidine groups is 1. The summed E-state index contributed by atoms with van der Waals surface area (Å²) in [6, 6.07) is 5.91. The molecule has 3 aromatic rings. The van der Waals surface area contributed by atoms with Crippen LogP contribution in [0.2, 0.25) is 0 Å². The molecule has 2 aromatic heterocycles. The number of aromatic nitrogens is 3. The summed E-state index contributed by atoms with van der Waals surface area (Å²) in [5.41, 5.74) is 6.29. The zero-order chi connectivity index (χ0) is 26.3. The number of hydrogen-bond donors (Lipinski definition) is 1. The highest BCUT2D eigenvalue weighted by molar-refractivity contribution is 7.95. The molecule has 0 fully saturated rings. The topological polar surface area (TPSA) is 129 Å². The number of halogens is 3. The second-order valence-electron chi connectivity index (χ2n) is 8.96. The van der Waals surface area contributed by atoms with E-state index in [1.165, 1.54) is 31.6 Å². The van der Waals surface area contributed by atoms with Crippen molar-refractivity contribution >= 4 is 15.6 Å². The van der Waals surface area contributed by atoms with E-state index in [0.29, 0.717) is 22.7 Å². The number of nitrogens with two attached hydrogens (primary N) is 1. The first kappa shape index (κ1) is 25.6. The number of nitrogens with zero attached hydrogens (tertiary/aromatic N) is 5. The number of benzene rings is 1. The fourth-order valence-electron chi connectivity index (χ4n) is 3.88. The van der Waals surface area contributed by atoms with Crippen LogP contribution in [0.5, 0.6) is 5.88 Å². The average molecular weight is 523 g/mol. The molecule has 2 atom stereocenters. The highest BCUT2D eigenvalue weighted by Crippen LogP contribution is 2.40. The molecular weight excluding hydrogens is 497 g/mol. The number of rotatable bonds is 6. The minimum absolute atomic E-state index is 0.0121. The Morgan fingerprint density at radius 2 is 1.94 bits per heavy atom. The van der Waals surface area contributed by atoms with Crippen LogP contribution in [0.1, 0.15) is 26.3 Å². The van der Waals surface area contributed by atoms with E-state index in [2.05, 4.69) is 24.5 Å². The van der Waals surface area contributed by atoms with Crippen molar-refractivity contribution < 1.29 is 26.6 Å². The van der Waals surface area contributed by atoms with E-state index < -0.39 is 38.9 Å². The van der Waals surface area contributed by atoms with E-state index in [1.54, 1.807) is 32.9 Å². The first-order chi connectivity index (χ1) is 16.9. The highest BCUT2D eigenvalue weighted by Gasteiger charge is 2.47. The Morgan fingerprint density at radius 3 is 2.58 bits per heavy atom. The molecule has 0 unspecified atom stereocenters. The van der Waals surface area contributed by atoms with Gasteiger partial charge in [-0.05, 0) is 39.0 Å². The zero-order valence-electron chi connectivity index (χ0n) is 20.0. The first-order valence-corrected chi connectivity index (χ1v) is 12.6. The summed E-state index contributed by atoms with van der Waals surface area (Å²) >= 11 is 0. The van der Waals surface area contributed by atoms with E-state index in [9.17, 15) is 13.0 Å². The van der Waals surface area contributed by atoms with E-state index in [1.807, 2.05) is 0 Å².